The van der Waals surface area contributed by atoms with Gasteiger partial charge in [-0.1, -0.05) is 0 Å². The molecule has 108 valence electrons. The highest BCUT2D eigenvalue weighted by Gasteiger charge is 2.24. The zero-order valence-corrected chi connectivity index (χ0v) is 11.2. The number of nitrogens with zero attached hydrogens (tertiary/aromatic N) is 3. The number of carboxylic acid groups (broad SMARTS) is 1. The van der Waals surface area contributed by atoms with Crippen LogP contribution in [0, 0.1) is 5.92 Å². The Balaban J connectivity index is 1.70. The Hall–Kier alpha value is -2.70. The minimum Gasteiger partial charge on any atom is -0.478 e. The molecule has 2 N–H and O–H groups in total. The molecule has 1 aliphatic rings. The number of aromatic nitrogens is 3. The van der Waals surface area contributed by atoms with Gasteiger partial charge in [-0.2, -0.15) is 0 Å². The first-order valence-corrected chi connectivity index (χ1v) is 6.61. The van der Waals surface area contributed by atoms with Crippen molar-refractivity contribution < 1.29 is 14.7 Å². The maximum Gasteiger partial charge on any atom is 0.337 e. The monoisotopic (exact) mass is 286 g/mol. The number of hydrogen-bond donors (Lipinski definition) is 2. The number of carbonyl (C=O) groups is 2. The second kappa shape index (κ2) is 5.35. The zero-order valence-electron chi connectivity index (χ0n) is 11.2. The van der Waals surface area contributed by atoms with E-state index in [1.165, 1.54) is 18.5 Å². The molecule has 3 heterocycles. The number of pyridine rings is 1. The number of rotatable bonds is 3. The van der Waals surface area contributed by atoms with Crippen molar-refractivity contribution in [2.24, 2.45) is 5.92 Å². The summed E-state index contributed by atoms with van der Waals surface area (Å²) in [5.41, 5.74) is 1.58. The molecule has 2 aromatic heterocycles. The highest BCUT2D eigenvalue weighted by Crippen LogP contribution is 2.21. The lowest BCUT2D eigenvalue weighted by atomic mass is 9.97. The Kier molecular flexibility index (Phi) is 3.39. The van der Waals surface area contributed by atoms with Gasteiger partial charge in [-0.3, -0.25) is 9.78 Å². The number of nitrogens with one attached hydrogen (secondary N) is 1. The van der Waals surface area contributed by atoms with Crippen LogP contribution in [0.3, 0.4) is 0 Å². The van der Waals surface area contributed by atoms with E-state index in [0.717, 1.165) is 18.5 Å². The van der Waals surface area contributed by atoms with Gasteiger partial charge in [0.25, 0.3) is 0 Å². The lowest BCUT2D eigenvalue weighted by molar-refractivity contribution is -0.120. The van der Waals surface area contributed by atoms with Gasteiger partial charge in [0.2, 0.25) is 5.91 Å². The van der Waals surface area contributed by atoms with Crippen LogP contribution in [0.25, 0.3) is 0 Å². The molecule has 0 radical (unpaired) electrons. The Labute approximate surface area is 120 Å². The van der Waals surface area contributed by atoms with Crippen LogP contribution in [0.15, 0.2) is 31.0 Å². The normalized spacial score (nSPS) is 17.0. The molecule has 21 heavy (non-hydrogen) atoms. The van der Waals surface area contributed by atoms with E-state index in [-0.39, 0.29) is 17.4 Å². The standard InChI is InChI=1S/C14H14N4O3/c19-13(9-1-2-12-6-16-8-18(12)7-9)17-11-3-10(14(20)21)4-15-5-11/h3-6,8-9H,1-2,7H2,(H,17,19)(H,20,21). The van der Waals surface area contributed by atoms with Crippen LogP contribution >= 0.6 is 0 Å². The number of carboxylic acids is 1. The van der Waals surface area contributed by atoms with Gasteiger partial charge in [-0.05, 0) is 18.9 Å². The molecule has 0 aliphatic carbocycles. The largest absolute Gasteiger partial charge is 0.478 e. The van der Waals surface area contributed by atoms with E-state index in [1.54, 1.807) is 6.33 Å². The van der Waals surface area contributed by atoms with Crippen LogP contribution in [0.1, 0.15) is 22.5 Å². The first kappa shape index (κ1) is 13.3. The van der Waals surface area contributed by atoms with Crippen molar-refractivity contribution in [1.82, 2.24) is 14.5 Å². The summed E-state index contributed by atoms with van der Waals surface area (Å²) < 4.78 is 1.97. The van der Waals surface area contributed by atoms with Crippen molar-refractivity contribution in [1.29, 1.82) is 0 Å². The molecule has 1 unspecified atom stereocenters. The fourth-order valence-corrected chi connectivity index (χ4v) is 2.46. The Morgan fingerprint density at radius 2 is 2.14 bits per heavy atom. The van der Waals surface area contributed by atoms with Gasteiger partial charge in [-0.25, -0.2) is 9.78 Å². The molecule has 1 atom stereocenters. The number of aromatic carboxylic acids is 1. The van der Waals surface area contributed by atoms with Crippen molar-refractivity contribution in [3.8, 4) is 0 Å². The minimum atomic E-state index is -1.07. The summed E-state index contributed by atoms with van der Waals surface area (Å²) in [5, 5.41) is 11.6. The molecule has 0 aromatic carbocycles. The number of hydrogen-bond acceptors (Lipinski definition) is 4. The smallest absolute Gasteiger partial charge is 0.337 e. The predicted molar refractivity (Wildman–Crippen MR) is 73.9 cm³/mol. The average molecular weight is 286 g/mol. The Bertz CT molecular complexity index is 695. The summed E-state index contributed by atoms with van der Waals surface area (Å²) in [5.74, 6) is -1.35. The van der Waals surface area contributed by atoms with Gasteiger partial charge in [0.1, 0.15) is 0 Å². The summed E-state index contributed by atoms with van der Waals surface area (Å²) in [6.07, 6.45) is 7.79. The number of carbonyl (C=O) groups excluding carboxylic acids is 1. The predicted octanol–water partition coefficient (Wildman–Crippen LogP) is 1.18. The topological polar surface area (TPSA) is 97.1 Å². The Morgan fingerprint density at radius 1 is 1.29 bits per heavy atom. The molecule has 0 saturated carbocycles. The van der Waals surface area contributed by atoms with E-state index in [0.29, 0.717) is 12.2 Å². The third-order valence-corrected chi connectivity index (χ3v) is 3.59. The van der Waals surface area contributed by atoms with Crippen LogP contribution in [0.4, 0.5) is 5.69 Å². The summed E-state index contributed by atoms with van der Waals surface area (Å²) in [6, 6.07) is 1.40. The fraction of sp³-hybridized carbons (Fsp3) is 0.286. The molecule has 0 bridgehead atoms. The molecule has 7 nitrogen and oxygen atoms in total. The van der Waals surface area contributed by atoms with Crippen molar-refractivity contribution in [2.45, 2.75) is 19.4 Å². The number of aryl methyl sites for hydroxylation is 1. The molecular formula is C14H14N4O3. The van der Waals surface area contributed by atoms with Gasteiger partial charge in [0.05, 0.1) is 29.7 Å². The van der Waals surface area contributed by atoms with E-state index in [1.807, 2.05) is 10.8 Å². The molecule has 3 rings (SSSR count). The highest BCUT2D eigenvalue weighted by atomic mass is 16.4. The average Bonchev–Trinajstić information content (AvgIpc) is 2.94. The van der Waals surface area contributed by atoms with E-state index >= 15 is 0 Å². The molecule has 1 aliphatic heterocycles. The number of fused-ring (bicyclic) bond motifs is 1. The minimum absolute atomic E-state index is 0.0494. The van der Waals surface area contributed by atoms with Crippen molar-refractivity contribution in [3.63, 3.8) is 0 Å². The lowest BCUT2D eigenvalue weighted by Crippen LogP contribution is -2.30. The van der Waals surface area contributed by atoms with Crippen LogP contribution < -0.4 is 5.32 Å². The van der Waals surface area contributed by atoms with Gasteiger partial charge in [0, 0.05) is 24.6 Å². The fourth-order valence-electron chi connectivity index (χ4n) is 2.46. The number of anilines is 1. The highest BCUT2D eigenvalue weighted by molar-refractivity contribution is 5.94. The SMILES string of the molecule is O=C(O)c1cncc(NC(=O)C2CCc3cncn3C2)c1. The van der Waals surface area contributed by atoms with Gasteiger partial charge < -0.3 is 15.0 Å². The molecule has 0 spiro atoms. The molecule has 0 saturated heterocycles. The maximum absolute atomic E-state index is 12.3. The zero-order chi connectivity index (χ0) is 14.8. The van der Waals surface area contributed by atoms with Crippen molar-refractivity contribution in [3.05, 3.63) is 42.2 Å². The summed E-state index contributed by atoms with van der Waals surface area (Å²) in [4.78, 5) is 31.0. The second-order valence-electron chi connectivity index (χ2n) is 5.03. The molecular weight excluding hydrogens is 272 g/mol. The van der Waals surface area contributed by atoms with Crippen molar-refractivity contribution in [2.75, 3.05) is 5.32 Å². The molecule has 7 heteroatoms. The third kappa shape index (κ3) is 2.76. The lowest BCUT2D eigenvalue weighted by Gasteiger charge is -2.23. The van der Waals surface area contributed by atoms with E-state index in [2.05, 4.69) is 15.3 Å². The van der Waals surface area contributed by atoms with E-state index in [9.17, 15) is 9.59 Å². The number of amides is 1. The van der Waals surface area contributed by atoms with E-state index in [4.69, 9.17) is 5.11 Å². The van der Waals surface area contributed by atoms with Gasteiger partial charge in [0.15, 0.2) is 0 Å². The maximum atomic E-state index is 12.3. The molecule has 0 fully saturated rings. The first-order chi connectivity index (χ1) is 10.1. The summed E-state index contributed by atoms with van der Waals surface area (Å²) in [6.45, 7) is 0.590. The Morgan fingerprint density at radius 3 is 2.95 bits per heavy atom. The van der Waals surface area contributed by atoms with Crippen molar-refractivity contribution >= 4 is 17.6 Å². The first-order valence-electron chi connectivity index (χ1n) is 6.61. The third-order valence-electron chi connectivity index (χ3n) is 3.59. The van der Waals surface area contributed by atoms with Gasteiger partial charge in [-0.15, -0.1) is 0 Å². The summed E-state index contributed by atoms with van der Waals surface area (Å²) >= 11 is 0. The second-order valence-corrected chi connectivity index (χ2v) is 5.03. The van der Waals surface area contributed by atoms with E-state index < -0.39 is 5.97 Å². The molecule has 1 amide bonds. The summed E-state index contributed by atoms with van der Waals surface area (Å²) in [7, 11) is 0. The number of imidazole rings is 1. The van der Waals surface area contributed by atoms with Gasteiger partial charge >= 0.3 is 5.97 Å². The van der Waals surface area contributed by atoms with Crippen LogP contribution in [0.2, 0.25) is 0 Å². The quantitative estimate of drug-likeness (QED) is 0.883. The van der Waals surface area contributed by atoms with Crippen LogP contribution in [-0.2, 0) is 17.8 Å². The molecule has 2 aromatic rings. The van der Waals surface area contributed by atoms with Crippen LogP contribution in [-0.4, -0.2) is 31.5 Å². The van der Waals surface area contributed by atoms with Crippen LogP contribution in [0.5, 0.6) is 0 Å².